The Morgan fingerprint density at radius 3 is 2.84 bits per heavy atom. The van der Waals surface area contributed by atoms with E-state index in [0.717, 1.165) is 61.3 Å². The monoisotopic (exact) mass is 436 g/mol. The van der Waals surface area contributed by atoms with Crippen molar-refractivity contribution in [3.05, 3.63) is 53.2 Å². The van der Waals surface area contributed by atoms with Gasteiger partial charge in [0.25, 0.3) is 5.91 Å². The molecule has 6 nitrogen and oxygen atoms in total. The lowest BCUT2D eigenvalue weighted by Crippen LogP contribution is -2.43. The lowest BCUT2D eigenvalue weighted by Gasteiger charge is -2.42. The summed E-state index contributed by atoms with van der Waals surface area (Å²) >= 11 is 0. The average molecular weight is 437 g/mol. The summed E-state index contributed by atoms with van der Waals surface area (Å²) in [5.41, 5.74) is 3.03. The maximum absolute atomic E-state index is 13.1. The molecule has 1 aliphatic heterocycles. The summed E-state index contributed by atoms with van der Waals surface area (Å²) in [5, 5.41) is 21.1. The van der Waals surface area contributed by atoms with E-state index in [1.807, 2.05) is 30.3 Å². The van der Waals surface area contributed by atoms with Crippen molar-refractivity contribution in [3.63, 3.8) is 0 Å². The predicted molar refractivity (Wildman–Crippen MR) is 129 cm³/mol. The van der Waals surface area contributed by atoms with E-state index in [1.165, 1.54) is 0 Å². The average Bonchev–Trinajstić information content (AvgIpc) is 3.27. The van der Waals surface area contributed by atoms with Gasteiger partial charge in [0.05, 0.1) is 16.9 Å². The van der Waals surface area contributed by atoms with E-state index in [4.69, 9.17) is 0 Å². The minimum atomic E-state index is -0.587. The summed E-state index contributed by atoms with van der Waals surface area (Å²) < 4.78 is 0. The molecular weight excluding hydrogens is 400 g/mol. The second kappa shape index (κ2) is 9.49. The molecule has 2 aromatic rings. The molecule has 32 heavy (non-hydrogen) atoms. The van der Waals surface area contributed by atoms with Gasteiger partial charge in [-0.25, -0.2) is 4.98 Å². The molecule has 1 aliphatic carbocycles. The van der Waals surface area contributed by atoms with Gasteiger partial charge in [0, 0.05) is 30.9 Å². The highest BCUT2D eigenvalue weighted by Crippen LogP contribution is 2.41. The van der Waals surface area contributed by atoms with Crippen molar-refractivity contribution in [2.45, 2.75) is 71.1 Å². The molecule has 0 spiro atoms. The summed E-state index contributed by atoms with van der Waals surface area (Å²) in [4.78, 5) is 17.7. The van der Waals surface area contributed by atoms with Gasteiger partial charge in [0.2, 0.25) is 0 Å². The van der Waals surface area contributed by atoms with Crippen LogP contribution in [0.5, 0.6) is 0 Å². The van der Waals surface area contributed by atoms with Crippen LogP contribution in [-0.4, -0.2) is 34.2 Å². The van der Waals surface area contributed by atoms with E-state index < -0.39 is 5.60 Å². The summed E-state index contributed by atoms with van der Waals surface area (Å²) in [5.74, 6) is 1.58. The van der Waals surface area contributed by atoms with Crippen LogP contribution in [-0.2, 0) is 13.0 Å². The van der Waals surface area contributed by atoms with E-state index in [9.17, 15) is 9.90 Å². The number of anilines is 2. The summed E-state index contributed by atoms with van der Waals surface area (Å²) in [6.07, 6.45) is 6.05. The Labute approximate surface area is 191 Å². The molecule has 4 atom stereocenters. The molecule has 1 fully saturated rings. The first kappa shape index (κ1) is 22.6. The van der Waals surface area contributed by atoms with Crippen molar-refractivity contribution >= 4 is 17.4 Å². The molecule has 0 bridgehead atoms. The Kier molecular flexibility index (Phi) is 6.70. The highest BCUT2D eigenvalue weighted by atomic mass is 16.3. The molecule has 6 heteroatoms. The predicted octanol–water partition coefficient (Wildman–Crippen LogP) is 4.36. The number of aromatic nitrogens is 1. The maximum atomic E-state index is 13.1. The lowest BCUT2D eigenvalue weighted by molar-refractivity contribution is -0.0394. The first-order valence-electron chi connectivity index (χ1n) is 12.0. The minimum Gasteiger partial charge on any atom is -0.390 e. The molecule has 1 aromatic heterocycles. The number of pyridine rings is 1. The van der Waals surface area contributed by atoms with Crippen molar-refractivity contribution in [2.24, 2.45) is 11.8 Å². The summed E-state index contributed by atoms with van der Waals surface area (Å²) in [6, 6.07) is 10.1. The molecule has 1 unspecified atom stereocenters. The van der Waals surface area contributed by atoms with Crippen LogP contribution < -0.4 is 16.0 Å². The van der Waals surface area contributed by atoms with Crippen LogP contribution in [0.15, 0.2) is 36.5 Å². The van der Waals surface area contributed by atoms with E-state index in [2.05, 4.69) is 41.7 Å². The smallest absolute Gasteiger partial charge is 0.255 e. The van der Waals surface area contributed by atoms with Crippen molar-refractivity contribution in [3.8, 4) is 0 Å². The fourth-order valence-electron chi connectivity index (χ4n) is 5.38. The SMILES string of the molecule is CC[C@]1(O)CC(C)C[C@H]([C@H](C)Nc2c(C(=O)NCc3ccccc3)cnc3c2CCN3)C1. The van der Waals surface area contributed by atoms with Crippen LogP contribution in [0.1, 0.15) is 67.9 Å². The van der Waals surface area contributed by atoms with Gasteiger partial charge in [0.15, 0.2) is 0 Å². The zero-order valence-corrected chi connectivity index (χ0v) is 19.4. The van der Waals surface area contributed by atoms with Gasteiger partial charge in [-0.15, -0.1) is 0 Å². The topological polar surface area (TPSA) is 86.3 Å². The van der Waals surface area contributed by atoms with Crippen molar-refractivity contribution in [1.29, 1.82) is 0 Å². The highest BCUT2D eigenvalue weighted by Gasteiger charge is 2.38. The van der Waals surface area contributed by atoms with Crippen LogP contribution in [0.2, 0.25) is 0 Å². The first-order chi connectivity index (χ1) is 15.4. The number of carbonyl (C=O) groups is 1. The van der Waals surface area contributed by atoms with Gasteiger partial charge in [0.1, 0.15) is 5.82 Å². The molecule has 1 amide bonds. The Hall–Kier alpha value is -2.60. The molecule has 2 heterocycles. The third-order valence-corrected chi connectivity index (χ3v) is 7.20. The molecule has 4 rings (SSSR count). The normalized spacial score (nSPS) is 25.5. The number of nitrogens with zero attached hydrogens (tertiary/aromatic N) is 1. The number of carbonyl (C=O) groups excluding carboxylic acids is 1. The van der Waals surface area contributed by atoms with Crippen molar-refractivity contribution in [1.82, 2.24) is 10.3 Å². The van der Waals surface area contributed by atoms with Crippen molar-refractivity contribution < 1.29 is 9.90 Å². The van der Waals surface area contributed by atoms with Crippen LogP contribution in [0.25, 0.3) is 0 Å². The van der Waals surface area contributed by atoms with E-state index in [1.54, 1.807) is 6.20 Å². The summed E-state index contributed by atoms with van der Waals surface area (Å²) in [6.45, 7) is 7.80. The third-order valence-electron chi connectivity index (χ3n) is 7.20. The number of nitrogens with one attached hydrogen (secondary N) is 3. The van der Waals surface area contributed by atoms with Crippen LogP contribution in [0.3, 0.4) is 0 Å². The molecule has 0 radical (unpaired) electrons. The quantitative estimate of drug-likeness (QED) is 0.518. The zero-order chi connectivity index (χ0) is 22.7. The fourth-order valence-corrected chi connectivity index (χ4v) is 5.38. The second-order valence-corrected chi connectivity index (χ2v) is 9.74. The van der Waals surface area contributed by atoms with Gasteiger partial charge in [-0.05, 0) is 56.4 Å². The van der Waals surface area contributed by atoms with Crippen LogP contribution in [0.4, 0.5) is 11.5 Å². The summed E-state index contributed by atoms with van der Waals surface area (Å²) in [7, 11) is 0. The fraction of sp³-hybridized carbons (Fsp3) is 0.538. The molecule has 1 saturated carbocycles. The molecule has 1 aromatic carbocycles. The zero-order valence-electron chi connectivity index (χ0n) is 19.4. The van der Waals surface area contributed by atoms with Gasteiger partial charge >= 0.3 is 0 Å². The Bertz CT molecular complexity index is 948. The minimum absolute atomic E-state index is 0.118. The van der Waals surface area contributed by atoms with Gasteiger partial charge in [-0.2, -0.15) is 0 Å². The van der Waals surface area contributed by atoms with Crippen LogP contribution in [0, 0.1) is 11.8 Å². The van der Waals surface area contributed by atoms with E-state index >= 15 is 0 Å². The molecule has 0 saturated heterocycles. The number of amides is 1. The van der Waals surface area contributed by atoms with Gasteiger partial charge < -0.3 is 21.1 Å². The number of benzene rings is 1. The standard InChI is InChI=1S/C26H36N4O2/c1-4-26(32)13-17(2)12-20(14-26)18(3)30-23-21-10-11-27-24(21)28-16-22(23)25(31)29-15-19-8-6-5-7-9-19/h5-9,16-18,20,32H,4,10-15H2,1-3H3,(H,29,31)(H2,27,28,30)/t17?,18-,20-,26-/m0/s1. The Morgan fingerprint density at radius 1 is 1.31 bits per heavy atom. The number of hydrogen-bond acceptors (Lipinski definition) is 5. The highest BCUT2D eigenvalue weighted by molar-refractivity contribution is 6.01. The number of rotatable bonds is 7. The Balaban J connectivity index is 1.54. The van der Waals surface area contributed by atoms with E-state index in [0.29, 0.717) is 23.9 Å². The molecule has 172 valence electrons. The second-order valence-electron chi connectivity index (χ2n) is 9.74. The van der Waals surface area contributed by atoms with Gasteiger partial charge in [-0.1, -0.05) is 44.2 Å². The molecule has 2 aliphatic rings. The number of aliphatic hydroxyl groups is 1. The molecular formula is C26H36N4O2. The third kappa shape index (κ3) is 4.90. The molecule has 4 N–H and O–H groups in total. The van der Waals surface area contributed by atoms with Crippen molar-refractivity contribution in [2.75, 3.05) is 17.2 Å². The number of fused-ring (bicyclic) bond motifs is 1. The largest absolute Gasteiger partial charge is 0.390 e. The van der Waals surface area contributed by atoms with Gasteiger partial charge in [-0.3, -0.25) is 4.79 Å². The maximum Gasteiger partial charge on any atom is 0.255 e. The van der Waals surface area contributed by atoms with Crippen LogP contribution >= 0.6 is 0 Å². The number of hydrogen-bond donors (Lipinski definition) is 4. The first-order valence-corrected chi connectivity index (χ1v) is 12.0. The Morgan fingerprint density at radius 2 is 2.09 bits per heavy atom. The lowest BCUT2D eigenvalue weighted by atomic mass is 9.70. The van der Waals surface area contributed by atoms with E-state index in [-0.39, 0.29) is 11.9 Å².